The van der Waals surface area contributed by atoms with Crippen LogP contribution in [0.4, 0.5) is 10.2 Å². The number of nitrogens with zero attached hydrogens (tertiary/aromatic N) is 2. The van der Waals surface area contributed by atoms with E-state index in [1.165, 1.54) is 35.2 Å². The fourth-order valence-corrected chi connectivity index (χ4v) is 3.61. The Morgan fingerprint density at radius 1 is 1.19 bits per heavy atom. The van der Waals surface area contributed by atoms with Crippen molar-refractivity contribution in [2.24, 2.45) is 0 Å². The number of aromatic nitrogens is 1. The highest BCUT2D eigenvalue weighted by Crippen LogP contribution is 2.42. The van der Waals surface area contributed by atoms with Crippen molar-refractivity contribution in [2.75, 3.05) is 11.5 Å². The van der Waals surface area contributed by atoms with Gasteiger partial charge in [-0.05, 0) is 55.3 Å². The molecule has 4 rings (SSSR count). The highest BCUT2D eigenvalue weighted by Gasteiger charge is 2.48. The topological polar surface area (TPSA) is 92.9 Å². The highest BCUT2D eigenvalue weighted by atomic mass is 19.1. The molecule has 0 bridgehead atoms. The van der Waals surface area contributed by atoms with E-state index in [0.29, 0.717) is 23.7 Å². The molecule has 1 fully saturated rings. The summed E-state index contributed by atoms with van der Waals surface area (Å²) in [5.41, 5.74) is 0.626. The van der Waals surface area contributed by atoms with Crippen molar-refractivity contribution in [1.82, 2.24) is 5.16 Å². The molecule has 1 aromatic heterocycles. The number of hydrogen-bond acceptors (Lipinski definition) is 6. The summed E-state index contributed by atoms with van der Waals surface area (Å²) in [6, 6.07) is 12.5. The number of carbonyl (C=O) groups excluding carboxylic acids is 2. The van der Waals surface area contributed by atoms with Gasteiger partial charge in [-0.15, -0.1) is 0 Å². The molecule has 32 heavy (non-hydrogen) atoms. The number of benzene rings is 2. The molecular formula is C24H21FN2O5. The van der Waals surface area contributed by atoms with Crippen LogP contribution in [0.25, 0.3) is 5.76 Å². The Bertz CT molecular complexity index is 1200. The quantitative estimate of drug-likeness (QED) is 0.347. The first-order valence-corrected chi connectivity index (χ1v) is 10.1. The second kappa shape index (κ2) is 8.66. The van der Waals surface area contributed by atoms with Crippen LogP contribution >= 0.6 is 0 Å². The first-order chi connectivity index (χ1) is 15.4. The number of aliphatic hydroxyl groups is 1. The van der Waals surface area contributed by atoms with Crippen LogP contribution in [0.1, 0.15) is 36.3 Å². The third-order valence-corrected chi connectivity index (χ3v) is 5.07. The van der Waals surface area contributed by atoms with Gasteiger partial charge >= 0.3 is 5.91 Å². The average Bonchev–Trinajstić information content (AvgIpc) is 3.33. The van der Waals surface area contributed by atoms with Crippen LogP contribution in [0.3, 0.4) is 0 Å². The largest absolute Gasteiger partial charge is 0.507 e. The molecule has 0 spiro atoms. The van der Waals surface area contributed by atoms with Crippen molar-refractivity contribution in [2.45, 2.75) is 26.3 Å². The molecule has 1 aliphatic heterocycles. The Morgan fingerprint density at radius 3 is 2.59 bits per heavy atom. The standard InChI is InChI=1S/C24H21FN2O5/c1-3-11-31-18-6-4-5-16(13-18)21-20(22(28)15-7-9-17(25)10-8-15)23(29)24(30)27(21)19-12-14(2)32-26-19/h4-10,12-13,21,28H,3,11H2,1-2H3/b22-20+. The van der Waals surface area contributed by atoms with Crippen LogP contribution in [0.2, 0.25) is 0 Å². The molecule has 2 aromatic carbocycles. The highest BCUT2D eigenvalue weighted by molar-refractivity contribution is 6.51. The van der Waals surface area contributed by atoms with E-state index in [1.54, 1.807) is 31.2 Å². The number of halogens is 1. The minimum atomic E-state index is -0.977. The number of hydrogen-bond donors (Lipinski definition) is 1. The van der Waals surface area contributed by atoms with Gasteiger partial charge in [0, 0.05) is 11.6 Å². The molecule has 1 atom stereocenters. The van der Waals surface area contributed by atoms with E-state index in [2.05, 4.69) is 5.16 Å². The summed E-state index contributed by atoms with van der Waals surface area (Å²) in [7, 11) is 0. The molecule has 1 unspecified atom stereocenters. The van der Waals surface area contributed by atoms with Gasteiger partial charge in [0.25, 0.3) is 5.78 Å². The van der Waals surface area contributed by atoms with Crippen molar-refractivity contribution in [1.29, 1.82) is 0 Å². The molecule has 0 radical (unpaired) electrons. The lowest BCUT2D eigenvalue weighted by molar-refractivity contribution is -0.132. The summed E-state index contributed by atoms with van der Waals surface area (Å²) in [6.45, 7) is 4.15. The molecule has 7 nitrogen and oxygen atoms in total. The number of rotatable bonds is 6. The molecule has 0 aliphatic carbocycles. The van der Waals surface area contributed by atoms with Gasteiger partial charge < -0.3 is 14.4 Å². The number of carbonyl (C=O) groups is 2. The first-order valence-electron chi connectivity index (χ1n) is 10.1. The molecule has 8 heteroatoms. The average molecular weight is 436 g/mol. The first kappa shape index (κ1) is 21.3. The number of aryl methyl sites for hydroxylation is 1. The maximum Gasteiger partial charge on any atom is 0.301 e. The van der Waals surface area contributed by atoms with Crippen molar-refractivity contribution < 1.29 is 28.3 Å². The van der Waals surface area contributed by atoms with Crippen LogP contribution < -0.4 is 9.64 Å². The van der Waals surface area contributed by atoms with Crippen molar-refractivity contribution in [3.63, 3.8) is 0 Å². The number of amides is 1. The number of aliphatic hydroxyl groups excluding tert-OH is 1. The van der Waals surface area contributed by atoms with E-state index < -0.39 is 29.3 Å². The normalized spacial score (nSPS) is 17.7. The Labute approximate surface area is 183 Å². The lowest BCUT2D eigenvalue weighted by Gasteiger charge is -2.23. The summed E-state index contributed by atoms with van der Waals surface area (Å²) in [5, 5.41) is 14.9. The van der Waals surface area contributed by atoms with E-state index in [0.717, 1.165) is 6.42 Å². The maximum absolute atomic E-state index is 13.4. The van der Waals surface area contributed by atoms with Gasteiger partial charge in [-0.1, -0.05) is 24.2 Å². The second-order valence-corrected chi connectivity index (χ2v) is 7.39. The lowest BCUT2D eigenvalue weighted by atomic mass is 9.95. The molecule has 2 heterocycles. The molecule has 164 valence electrons. The Kier molecular flexibility index (Phi) is 5.77. The minimum absolute atomic E-state index is 0.130. The van der Waals surface area contributed by atoms with Crippen LogP contribution in [0.5, 0.6) is 5.75 Å². The SMILES string of the molecule is CCCOc1cccc(C2/C(=C(\O)c3ccc(F)cc3)C(=O)C(=O)N2c2cc(C)on2)c1. The second-order valence-electron chi connectivity index (χ2n) is 7.39. The molecular weight excluding hydrogens is 415 g/mol. The van der Waals surface area contributed by atoms with E-state index >= 15 is 0 Å². The Hall–Kier alpha value is -3.94. The molecule has 1 saturated heterocycles. The molecule has 1 aliphatic rings. The molecule has 1 amide bonds. The van der Waals surface area contributed by atoms with Gasteiger partial charge in [-0.25, -0.2) is 4.39 Å². The predicted octanol–water partition coefficient (Wildman–Crippen LogP) is 4.54. The predicted molar refractivity (Wildman–Crippen MR) is 115 cm³/mol. The maximum atomic E-state index is 13.4. The Morgan fingerprint density at radius 2 is 1.94 bits per heavy atom. The van der Waals surface area contributed by atoms with E-state index in [4.69, 9.17) is 9.26 Å². The van der Waals surface area contributed by atoms with Gasteiger partial charge in [0.05, 0.1) is 18.2 Å². The molecule has 1 N–H and O–H groups in total. The summed E-state index contributed by atoms with van der Waals surface area (Å²) in [4.78, 5) is 27.2. The third-order valence-electron chi connectivity index (χ3n) is 5.07. The zero-order valence-corrected chi connectivity index (χ0v) is 17.5. The van der Waals surface area contributed by atoms with E-state index in [9.17, 15) is 19.1 Å². The fourth-order valence-electron chi connectivity index (χ4n) is 3.61. The van der Waals surface area contributed by atoms with Gasteiger partial charge in [0.15, 0.2) is 5.82 Å². The number of ketones is 1. The van der Waals surface area contributed by atoms with Crippen LogP contribution in [-0.2, 0) is 9.59 Å². The van der Waals surface area contributed by atoms with Gasteiger partial charge in [0.2, 0.25) is 0 Å². The monoisotopic (exact) mass is 436 g/mol. The number of Topliss-reactive ketones (excluding diaryl/α,β-unsaturated/α-hetero) is 1. The molecule has 3 aromatic rings. The third kappa shape index (κ3) is 3.87. The summed E-state index contributed by atoms with van der Waals surface area (Å²) in [5.74, 6) is -1.46. The zero-order chi connectivity index (χ0) is 22.8. The van der Waals surface area contributed by atoms with Gasteiger partial charge in [-0.2, -0.15) is 0 Å². The smallest absolute Gasteiger partial charge is 0.301 e. The fraction of sp³-hybridized carbons (Fsp3) is 0.208. The Balaban J connectivity index is 1.90. The minimum Gasteiger partial charge on any atom is -0.507 e. The summed E-state index contributed by atoms with van der Waals surface area (Å²) >= 11 is 0. The van der Waals surface area contributed by atoms with Gasteiger partial charge in [-0.3, -0.25) is 14.5 Å². The lowest BCUT2D eigenvalue weighted by Crippen LogP contribution is -2.29. The van der Waals surface area contributed by atoms with Crippen LogP contribution in [0, 0.1) is 12.7 Å². The number of ether oxygens (including phenoxy) is 1. The summed E-state index contributed by atoms with van der Waals surface area (Å²) < 4.78 is 24.2. The van der Waals surface area contributed by atoms with Crippen molar-refractivity contribution in [3.05, 3.63) is 82.9 Å². The molecule has 0 saturated carbocycles. The summed E-state index contributed by atoms with van der Waals surface area (Å²) in [6.07, 6.45) is 0.811. The van der Waals surface area contributed by atoms with Crippen molar-refractivity contribution >= 4 is 23.3 Å². The zero-order valence-electron chi connectivity index (χ0n) is 17.5. The van der Waals surface area contributed by atoms with Crippen molar-refractivity contribution in [3.8, 4) is 5.75 Å². The number of anilines is 1. The van der Waals surface area contributed by atoms with E-state index in [-0.39, 0.29) is 17.0 Å². The van der Waals surface area contributed by atoms with Crippen LogP contribution in [-0.4, -0.2) is 28.6 Å². The van der Waals surface area contributed by atoms with Crippen LogP contribution in [0.15, 0.2) is 64.7 Å². The van der Waals surface area contributed by atoms with Gasteiger partial charge in [0.1, 0.15) is 23.1 Å². The van der Waals surface area contributed by atoms with E-state index in [1.807, 2.05) is 6.92 Å².